The van der Waals surface area contributed by atoms with Crippen molar-refractivity contribution in [2.24, 2.45) is 11.8 Å². The first-order valence-electron chi connectivity index (χ1n) is 10.3. The highest BCUT2D eigenvalue weighted by Gasteiger charge is 2.49. The minimum atomic E-state index is -1.83. The number of aliphatic hydroxyl groups is 2. The lowest BCUT2D eigenvalue weighted by molar-refractivity contribution is -0.137. The summed E-state index contributed by atoms with van der Waals surface area (Å²) in [6.45, 7) is 9.16. The fraction of sp³-hybridized carbons (Fsp3) is 0.500. The molecule has 5 nitrogen and oxygen atoms in total. The normalized spacial score (nSPS) is 26.7. The number of hydrogen-bond donors (Lipinski definition) is 2. The molecule has 0 aromatic heterocycles. The van der Waals surface area contributed by atoms with Gasteiger partial charge in [-0.05, 0) is 38.8 Å². The minimum absolute atomic E-state index is 0.0483. The van der Waals surface area contributed by atoms with Crippen LogP contribution in [0.15, 0.2) is 58.1 Å². The Kier molecular flexibility index (Phi) is 8.03. The second kappa shape index (κ2) is 9.90. The number of fused-ring (bicyclic) bond motifs is 1. The maximum atomic E-state index is 12.7. The quantitative estimate of drug-likeness (QED) is 0.549. The van der Waals surface area contributed by atoms with E-state index in [2.05, 4.69) is 19.9 Å². The topological polar surface area (TPSA) is 83.8 Å². The summed E-state index contributed by atoms with van der Waals surface area (Å²) in [5.74, 6) is -0.699. The van der Waals surface area contributed by atoms with Crippen molar-refractivity contribution >= 4 is 23.2 Å². The molecule has 2 aliphatic rings. The zero-order valence-corrected chi connectivity index (χ0v) is 19.0. The van der Waals surface area contributed by atoms with E-state index in [1.165, 1.54) is 20.1 Å². The summed E-state index contributed by atoms with van der Waals surface area (Å²) < 4.78 is 5.71. The van der Waals surface area contributed by atoms with Gasteiger partial charge in [0.1, 0.15) is 17.1 Å². The summed E-state index contributed by atoms with van der Waals surface area (Å²) in [4.78, 5) is 25.0. The number of aliphatic hydroxyl groups excluding tert-OH is 1. The van der Waals surface area contributed by atoms with Gasteiger partial charge < -0.3 is 14.9 Å². The number of hydrogen-bond acceptors (Lipinski definition) is 5. The molecule has 1 heterocycles. The first-order chi connectivity index (χ1) is 14.0. The Morgan fingerprint density at radius 3 is 2.67 bits per heavy atom. The SMILES string of the molecule is CCC(C)/C=C(C)/C=C/C1=CC2=C(Cl)C(=O)C(C)(O)C(CC(=O)CC(C)O)C2=CO1. The lowest BCUT2D eigenvalue weighted by Crippen LogP contribution is -2.48. The van der Waals surface area contributed by atoms with Crippen molar-refractivity contribution in [2.75, 3.05) is 0 Å². The molecule has 164 valence electrons. The Morgan fingerprint density at radius 2 is 2.07 bits per heavy atom. The summed E-state index contributed by atoms with van der Waals surface area (Å²) in [7, 11) is 0. The Labute approximate surface area is 183 Å². The van der Waals surface area contributed by atoms with Gasteiger partial charge in [0.15, 0.2) is 0 Å². The molecule has 6 heteroatoms. The second-order valence-electron chi connectivity index (χ2n) is 8.42. The van der Waals surface area contributed by atoms with Crippen LogP contribution in [0.2, 0.25) is 0 Å². The van der Waals surface area contributed by atoms with Crippen LogP contribution in [0.25, 0.3) is 0 Å². The van der Waals surface area contributed by atoms with Crippen molar-refractivity contribution in [3.63, 3.8) is 0 Å². The molecule has 0 spiro atoms. The van der Waals surface area contributed by atoms with Crippen LogP contribution >= 0.6 is 11.6 Å². The fourth-order valence-electron chi connectivity index (χ4n) is 3.59. The van der Waals surface area contributed by atoms with Crippen molar-refractivity contribution < 1.29 is 24.5 Å². The van der Waals surface area contributed by atoms with Gasteiger partial charge in [0, 0.05) is 29.9 Å². The van der Waals surface area contributed by atoms with E-state index in [1.807, 2.05) is 13.0 Å². The molecule has 0 aromatic rings. The second-order valence-corrected chi connectivity index (χ2v) is 8.80. The molecule has 4 unspecified atom stereocenters. The van der Waals surface area contributed by atoms with Gasteiger partial charge in [0.05, 0.1) is 17.4 Å². The smallest absolute Gasteiger partial charge is 0.206 e. The van der Waals surface area contributed by atoms with Crippen LogP contribution in [0.3, 0.4) is 0 Å². The van der Waals surface area contributed by atoms with Gasteiger partial charge in [0.25, 0.3) is 0 Å². The number of carbonyl (C=O) groups excluding carboxylic acids is 2. The van der Waals surface area contributed by atoms with E-state index in [9.17, 15) is 19.8 Å². The molecule has 2 N–H and O–H groups in total. The molecule has 0 saturated carbocycles. The van der Waals surface area contributed by atoms with E-state index in [4.69, 9.17) is 16.3 Å². The van der Waals surface area contributed by atoms with Crippen molar-refractivity contribution in [1.29, 1.82) is 0 Å². The first-order valence-corrected chi connectivity index (χ1v) is 10.7. The number of halogens is 1. The van der Waals surface area contributed by atoms with Gasteiger partial charge in [0.2, 0.25) is 5.78 Å². The van der Waals surface area contributed by atoms with E-state index in [0.717, 1.165) is 12.0 Å². The van der Waals surface area contributed by atoms with Gasteiger partial charge in [-0.25, -0.2) is 0 Å². The Balaban J connectivity index is 2.33. The number of rotatable bonds is 8. The molecule has 0 radical (unpaired) electrons. The number of allylic oxidation sites excluding steroid dienone is 6. The standard InChI is InChI=1S/C24H31ClO5/c1-6-14(2)9-15(3)7-8-18-12-19-20(13-30-18)21(11-17(27)10-16(4)26)24(5,29)23(28)22(19)25/h7-9,12-14,16,21,26,29H,6,10-11H2,1-5H3/b8-7+,15-9+. The van der Waals surface area contributed by atoms with E-state index < -0.39 is 23.4 Å². The molecular formula is C24H31ClO5. The van der Waals surface area contributed by atoms with Crippen molar-refractivity contribution in [3.05, 3.63) is 58.1 Å². The van der Waals surface area contributed by atoms with Crippen LogP contribution in [-0.4, -0.2) is 33.5 Å². The molecule has 0 fully saturated rings. The number of ketones is 2. The number of ether oxygens (including phenoxy) is 1. The van der Waals surface area contributed by atoms with Crippen LogP contribution < -0.4 is 0 Å². The highest BCUT2D eigenvalue weighted by atomic mass is 35.5. The Hall–Kier alpha value is -1.95. The molecule has 1 aliphatic heterocycles. The molecule has 1 aliphatic carbocycles. The predicted octanol–water partition coefficient (Wildman–Crippen LogP) is 4.51. The minimum Gasteiger partial charge on any atom is -0.465 e. The van der Waals surface area contributed by atoms with Gasteiger partial charge in [-0.1, -0.05) is 49.6 Å². The molecule has 30 heavy (non-hydrogen) atoms. The van der Waals surface area contributed by atoms with E-state index >= 15 is 0 Å². The van der Waals surface area contributed by atoms with Crippen LogP contribution in [0.1, 0.15) is 53.9 Å². The fourth-order valence-corrected chi connectivity index (χ4v) is 3.95. The molecule has 0 saturated heterocycles. The molecular weight excluding hydrogens is 404 g/mol. The lowest BCUT2D eigenvalue weighted by Gasteiger charge is -2.38. The zero-order valence-electron chi connectivity index (χ0n) is 18.2. The lowest BCUT2D eigenvalue weighted by atomic mass is 9.70. The largest absolute Gasteiger partial charge is 0.465 e. The van der Waals surface area contributed by atoms with Gasteiger partial charge in [-0.15, -0.1) is 0 Å². The summed E-state index contributed by atoms with van der Waals surface area (Å²) in [6, 6.07) is 0. The van der Waals surface area contributed by atoms with Crippen LogP contribution in [-0.2, 0) is 14.3 Å². The molecule has 4 atom stereocenters. The summed E-state index contributed by atoms with van der Waals surface area (Å²) in [5, 5.41) is 20.2. The van der Waals surface area contributed by atoms with Gasteiger partial charge in [-0.2, -0.15) is 0 Å². The Bertz CT molecular complexity index is 855. The number of carbonyl (C=O) groups is 2. The summed E-state index contributed by atoms with van der Waals surface area (Å²) >= 11 is 6.30. The van der Waals surface area contributed by atoms with E-state index in [1.54, 1.807) is 12.2 Å². The molecule has 0 aromatic carbocycles. The monoisotopic (exact) mass is 434 g/mol. The maximum absolute atomic E-state index is 12.7. The summed E-state index contributed by atoms with van der Waals surface area (Å²) in [6.07, 6.45) is 9.11. The third kappa shape index (κ3) is 5.60. The van der Waals surface area contributed by atoms with Crippen molar-refractivity contribution in [2.45, 2.75) is 65.6 Å². The van der Waals surface area contributed by atoms with E-state index in [0.29, 0.717) is 22.8 Å². The average molecular weight is 435 g/mol. The maximum Gasteiger partial charge on any atom is 0.206 e. The molecule has 0 amide bonds. The van der Waals surface area contributed by atoms with Gasteiger partial charge in [-0.3, -0.25) is 9.59 Å². The predicted molar refractivity (Wildman–Crippen MR) is 118 cm³/mol. The molecule has 2 rings (SSSR count). The zero-order chi connectivity index (χ0) is 22.6. The highest BCUT2D eigenvalue weighted by molar-refractivity contribution is 6.45. The Morgan fingerprint density at radius 1 is 1.40 bits per heavy atom. The van der Waals surface area contributed by atoms with Gasteiger partial charge >= 0.3 is 0 Å². The summed E-state index contributed by atoms with van der Waals surface area (Å²) in [5.41, 5.74) is 0.221. The first kappa shape index (κ1) is 24.3. The van der Waals surface area contributed by atoms with Crippen LogP contribution in [0.5, 0.6) is 0 Å². The number of Topliss-reactive ketones (excluding diaryl/α,β-unsaturated/α-hetero) is 2. The van der Waals surface area contributed by atoms with Crippen molar-refractivity contribution in [3.8, 4) is 0 Å². The average Bonchev–Trinajstić information content (AvgIpc) is 2.67. The van der Waals surface area contributed by atoms with Crippen molar-refractivity contribution in [1.82, 2.24) is 0 Å². The van der Waals surface area contributed by atoms with E-state index in [-0.39, 0.29) is 23.7 Å². The van der Waals surface area contributed by atoms with Crippen LogP contribution in [0.4, 0.5) is 0 Å². The van der Waals surface area contributed by atoms with Crippen LogP contribution in [0, 0.1) is 11.8 Å². The third-order valence-electron chi connectivity index (χ3n) is 5.53. The highest BCUT2D eigenvalue weighted by Crippen LogP contribution is 2.44. The third-order valence-corrected chi connectivity index (χ3v) is 5.90. The molecule has 0 bridgehead atoms.